The second-order valence-corrected chi connectivity index (χ2v) is 3.51. The number of aliphatic carboxylic acids is 1. The van der Waals surface area contributed by atoms with Gasteiger partial charge in [-0.05, 0) is 13.8 Å². The highest BCUT2D eigenvalue weighted by molar-refractivity contribution is 7.15. The molecule has 66 valence electrons. The summed E-state index contributed by atoms with van der Waals surface area (Å²) in [6.45, 7) is 3.37. The van der Waals surface area contributed by atoms with Crippen molar-refractivity contribution in [2.24, 2.45) is 0 Å². The van der Waals surface area contributed by atoms with E-state index in [0.29, 0.717) is 5.13 Å². The molecule has 2 N–H and O–H groups in total. The monoisotopic (exact) mass is 187 g/mol. The number of carboxylic acid groups (broad SMARTS) is 1. The molecule has 0 bridgehead atoms. The Hall–Kier alpha value is -1.17. The quantitative estimate of drug-likeness (QED) is 0.729. The van der Waals surface area contributed by atoms with Crippen molar-refractivity contribution in [2.45, 2.75) is 19.9 Å². The molecule has 0 radical (unpaired) electrons. The summed E-state index contributed by atoms with van der Waals surface area (Å²) in [5.41, 5.74) is 0. The van der Waals surface area contributed by atoms with Crippen LogP contribution in [-0.4, -0.2) is 27.3 Å². The number of carbonyl (C=O) groups is 1. The molecule has 1 atom stereocenters. The fraction of sp³-hybridized carbons (Fsp3) is 0.500. The van der Waals surface area contributed by atoms with E-state index in [0.717, 1.165) is 5.01 Å². The first-order valence-electron chi connectivity index (χ1n) is 3.39. The molecule has 5 nitrogen and oxygen atoms in total. The van der Waals surface area contributed by atoms with Crippen LogP contribution in [0.1, 0.15) is 11.9 Å². The Morgan fingerprint density at radius 3 is 2.75 bits per heavy atom. The number of nitrogens with zero attached hydrogens (tertiary/aromatic N) is 2. The number of hydrogen-bond donors (Lipinski definition) is 2. The molecular formula is C6H9N3O2S. The number of hydrogen-bond acceptors (Lipinski definition) is 5. The minimum atomic E-state index is -0.900. The summed E-state index contributed by atoms with van der Waals surface area (Å²) in [6, 6.07) is -0.627. The summed E-state index contributed by atoms with van der Waals surface area (Å²) in [7, 11) is 0. The maximum atomic E-state index is 10.4. The van der Waals surface area contributed by atoms with Gasteiger partial charge in [0.1, 0.15) is 11.0 Å². The van der Waals surface area contributed by atoms with Crippen molar-refractivity contribution in [2.75, 3.05) is 5.32 Å². The van der Waals surface area contributed by atoms with Crippen molar-refractivity contribution in [3.8, 4) is 0 Å². The van der Waals surface area contributed by atoms with E-state index >= 15 is 0 Å². The molecule has 6 heteroatoms. The number of nitrogens with one attached hydrogen (secondary N) is 1. The zero-order chi connectivity index (χ0) is 9.14. The van der Waals surface area contributed by atoms with Crippen LogP contribution in [-0.2, 0) is 4.79 Å². The van der Waals surface area contributed by atoms with E-state index in [1.54, 1.807) is 6.92 Å². The summed E-state index contributed by atoms with van der Waals surface area (Å²) in [5, 5.41) is 20.1. The second kappa shape index (κ2) is 3.48. The smallest absolute Gasteiger partial charge is 0.325 e. The molecule has 0 fully saturated rings. The molecule has 0 spiro atoms. The van der Waals surface area contributed by atoms with E-state index in [1.165, 1.54) is 11.3 Å². The van der Waals surface area contributed by atoms with Crippen LogP contribution in [0.2, 0.25) is 0 Å². The highest BCUT2D eigenvalue weighted by Gasteiger charge is 2.11. The Kier molecular flexibility index (Phi) is 2.59. The summed E-state index contributed by atoms with van der Waals surface area (Å²) in [6.07, 6.45) is 0. The SMILES string of the molecule is Cc1nnc(NC(C)C(=O)O)s1. The molecule has 0 aliphatic heterocycles. The zero-order valence-electron chi connectivity index (χ0n) is 6.74. The Morgan fingerprint density at radius 1 is 1.67 bits per heavy atom. The Bertz CT molecular complexity index is 286. The normalized spacial score (nSPS) is 12.5. The molecule has 0 aliphatic rings. The van der Waals surface area contributed by atoms with E-state index in [9.17, 15) is 4.79 Å². The Labute approximate surface area is 73.4 Å². The molecule has 1 aromatic heterocycles. The maximum absolute atomic E-state index is 10.4. The van der Waals surface area contributed by atoms with Gasteiger partial charge in [-0.3, -0.25) is 4.79 Å². The molecule has 1 heterocycles. The molecule has 0 saturated heterocycles. The first kappa shape index (κ1) is 8.92. The van der Waals surface area contributed by atoms with Crippen molar-refractivity contribution in [3.63, 3.8) is 0 Å². The van der Waals surface area contributed by atoms with Gasteiger partial charge in [0.05, 0.1) is 0 Å². The summed E-state index contributed by atoms with van der Waals surface area (Å²) in [4.78, 5) is 10.4. The van der Waals surface area contributed by atoms with Gasteiger partial charge in [0, 0.05) is 0 Å². The van der Waals surface area contributed by atoms with E-state index < -0.39 is 12.0 Å². The van der Waals surface area contributed by atoms with Gasteiger partial charge in [-0.25, -0.2) is 0 Å². The van der Waals surface area contributed by atoms with Crippen LogP contribution in [0.15, 0.2) is 0 Å². The lowest BCUT2D eigenvalue weighted by molar-refractivity contribution is -0.137. The van der Waals surface area contributed by atoms with Crippen molar-refractivity contribution in [3.05, 3.63) is 5.01 Å². The van der Waals surface area contributed by atoms with Gasteiger partial charge in [-0.15, -0.1) is 10.2 Å². The average Bonchev–Trinajstić information content (AvgIpc) is 2.35. The minimum absolute atomic E-state index is 0.544. The van der Waals surface area contributed by atoms with E-state index in [-0.39, 0.29) is 0 Å². The van der Waals surface area contributed by atoms with Gasteiger partial charge in [-0.1, -0.05) is 11.3 Å². The maximum Gasteiger partial charge on any atom is 0.325 e. The van der Waals surface area contributed by atoms with Gasteiger partial charge in [0.25, 0.3) is 0 Å². The summed E-state index contributed by atoms with van der Waals surface area (Å²) < 4.78 is 0. The van der Waals surface area contributed by atoms with Crippen LogP contribution in [0.4, 0.5) is 5.13 Å². The molecule has 1 aromatic rings. The largest absolute Gasteiger partial charge is 0.480 e. The minimum Gasteiger partial charge on any atom is -0.480 e. The molecule has 0 saturated carbocycles. The Balaban J connectivity index is 2.58. The van der Waals surface area contributed by atoms with E-state index in [1.807, 2.05) is 6.92 Å². The van der Waals surface area contributed by atoms with Crippen LogP contribution in [0.25, 0.3) is 0 Å². The first-order valence-corrected chi connectivity index (χ1v) is 4.20. The van der Waals surface area contributed by atoms with Crippen LogP contribution in [0.5, 0.6) is 0 Å². The van der Waals surface area contributed by atoms with Crippen molar-refractivity contribution < 1.29 is 9.90 Å². The molecule has 1 rings (SSSR count). The van der Waals surface area contributed by atoms with E-state index in [4.69, 9.17) is 5.11 Å². The molecule has 1 unspecified atom stereocenters. The van der Waals surface area contributed by atoms with Crippen molar-refractivity contribution in [1.82, 2.24) is 10.2 Å². The third-order valence-electron chi connectivity index (χ3n) is 1.24. The fourth-order valence-corrected chi connectivity index (χ4v) is 1.28. The van der Waals surface area contributed by atoms with E-state index in [2.05, 4.69) is 15.5 Å². The van der Waals surface area contributed by atoms with Crippen LogP contribution >= 0.6 is 11.3 Å². The lowest BCUT2D eigenvalue weighted by atomic mass is 10.4. The van der Waals surface area contributed by atoms with Crippen LogP contribution < -0.4 is 5.32 Å². The van der Waals surface area contributed by atoms with Gasteiger partial charge >= 0.3 is 5.97 Å². The Morgan fingerprint density at radius 2 is 2.33 bits per heavy atom. The highest BCUT2D eigenvalue weighted by atomic mass is 32.1. The summed E-state index contributed by atoms with van der Waals surface area (Å²) >= 11 is 1.34. The number of rotatable bonds is 3. The average molecular weight is 187 g/mol. The van der Waals surface area contributed by atoms with Gasteiger partial charge in [0.15, 0.2) is 0 Å². The highest BCUT2D eigenvalue weighted by Crippen LogP contribution is 2.14. The predicted molar refractivity (Wildman–Crippen MR) is 45.4 cm³/mol. The van der Waals surface area contributed by atoms with Crippen molar-refractivity contribution in [1.29, 1.82) is 0 Å². The van der Waals surface area contributed by atoms with Crippen LogP contribution in [0.3, 0.4) is 0 Å². The molecule has 0 aliphatic carbocycles. The first-order chi connectivity index (χ1) is 5.59. The van der Waals surface area contributed by atoms with Gasteiger partial charge in [0.2, 0.25) is 5.13 Å². The topological polar surface area (TPSA) is 75.1 Å². The molecule has 0 amide bonds. The molecular weight excluding hydrogens is 178 g/mol. The number of aryl methyl sites for hydroxylation is 1. The third kappa shape index (κ3) is 2.16. The second-order valence-electron chi connectivity index (χ2n) is 2.33. The zero-order valence-corrected chi connectivity index (χ0v) is 7.55. The fourth-order valence-electron chi connectivity index (χ4n) is 0.602. The van der Waals surface area contributed by atoms with Gasteiger partial charge < -0.3 is 10.4 Å². The lowest BCUT2D eigenvalue weighted by Gasteiger charge is -2.04. The number of anilines is 1. The third-order valence-corrected chi connectivity index (χ3v) is 2.01. The molecule has 12 heavy (non-hydrogen) atoms. The molecule has 0 aromatic carbocycles. The number of aromatic nitrogens is 2. The van der Waals surface area contributed by atoms with Crippen LogP contribution in [0, 0.1) is 6.92 Å². The predicted octanol–water partition coefficient (Wildman–Crippen LogP) is 0.732. The summed E-state index contributed by atoms with van der Waals surface area (Å²) in [5.74, 6) is -0.900. The van der Waals surface area contributed by atoms with Gasteiger partial charge in [-0.2, -0.15) is 0 Å². The lowest BCUT2D eigenvalue weighted by Crippen LogP contribution is -2.25. The standard InChI is InChI=1S/C6H9N3O2S/c1-3(5(10)11)7-6-9-8-4(2)12-6/h3H,1-2H3,(H,7,9)(H,10,11). The number of carboxylic acids is 1. The van der Waals surface area contributed by atoms with Crippen molar-refractivity contribution >= 4 is 22.4 Å².